The number of unbranched alkanes of at least 4 members (excludes halogenated alkanes) is 6. The molecule has 0 fully saturated rings. The largest absolute Gasteiger partial charge is 0.178 e. The molecule has 0 saturated heterocycles. The number of thioether (sulfide) groups is 7. The first-order valence-corrected chi connectivity index (χ1v) is 28.8. The summed E-state index contributed by atoms with van der Waals surface area (Å²) in [6, 6.07) is 0. The predicted octanol–water partition coefficient (Wildman–Crippen LogP) is 18.7. The topological polar surface area (TPSA) is 0 Å². The van der Waals surface area contributed by atoms with E-state index in [0.29, 0.717) is 5.25 Å². The zero-order chi connectivity index (χ0) is 38.3. The van der Waals surface area contributed by atoms with Gasteiger partial charge < -0.3 is 0 Å². The van der Waals surface area contributed by atoms with Gasteiger partial charge in [-0.3, -0.25) is 0 Å². The highest BCUT2D eigenvalue weighted by molar-refractivity contribution is 8.70. The van der Waals surface area contributed by atoms with E-state index in [4.69, 9.17) is 24.3 Å². The van der Waals surface area contributed by atoms with Gasteiger partial charge in [0.15, 0.2) is 0 Å². The van der Waals surface area contributed by atoms with Crippen molar-refractivity contribution in [2.45, 2.75) is 174 Å². The SMILES string of the molecule is CCC=CSC1(SC(C)CS)CCC(SS)=C(SC=CCCCCC)C(SC=CCCCC)(SC2=CCCCC2)C1(SC=CCCC)SC1=CCCC1. The fourth-order valence-electron chi connectivity index (χ4n) is 6.51. The molecule has 3 rings (SSSR count). The smallest absolute Gasteiger partial charge is 0.128 e. The molecule has 53 heavy (non-hydrogen) atoms. The molecule has 0 aliphatic heterocycles. The van der Waals surface area contributed by atoms with Crippen molar-refractivity contribution in [2.24, 2.45) is 0 Å². The molecule has 0 saturated carbocycles. The second-order valence-electron chi connectivity index (χ2n) is 13.9. The van der Waals surface area contributed by atoms with Crippen LogP contribution in [0.15, 0.2) is 77.7 Å². The van der Waals surface area contributed by atoms with E-state index in [-0.39, 0.29) is 12.2 Å². The van der Waals surface area contributed by atoms with Crippen molar-refractivity contribution in [3.8, 4) is 0 Å². The van der Waals surface area contributed by atoms with Crippen LogP contribution in [0, 0.1) is 0 Å². The molecule has 0 nitrogen and oxygen atoms in total. The van der Waals surface area contributed by atoms with Crippen LogP contribution in [0.4, 0.5) is 0 Å². The highest BCUT2D eigenvalue weighted by atomic mass is 33.1. The van der Waals surface area contributed by atoms with Gasteiger partial charge in [-0.1, -0.05) is 126 Å². The van der Waals surface area contributed by atoms with E-state index >= 15 is 0 Å². The molecule has 4 atom stereocenters. The summed E-state index contributed by atoms with van der Waals surface area (Å²) in [5, 5.41) is 10.4. The fourth-order valence-corrected chi connectivity index (χ4v) is 21.5. The Balaban J connectivity index is 2.54. The molecule has 0 amide bonds. The fraction of sp³-hybridized carbons (Fsp3) is 0.674. The van der Waals surface area contributed by atoms with Crippen LogP contribution in [0.5, 0.6) is 0 Å². The summed E-state index contributed by atoms with van der Waals surface area (Å²) in [4.78, 5) is 6.15. The van der Waals surface area contributed by atoms with Crippen LogP contribution < -0.4 is 0 Å². The van der Waals surface area contributed by atoms with Crippen LogP contribution in [-0.2, 0) is 0 Å². The first kappa shape index (κ1) is 49.0. The normalized spacial score (nSPS) is 26.4. The molecule has 0 heterocycles. The lowest BCUT2D eigenvalue weighted by molar-refractivity contribution is 0.657. The van der Waals surface area contributed by atoms with Gasteiger partial charge in [-0.2, -0.15) is 12.6 Å². The van der Waals surface area contributed by atoms with Crippen molar-refractivity contribution < 1.29 is 0 Å². The van der Waals surface area contributed by atoms with Crippen LogP contribution in [0.25, 0.3) is 0 Å². The van der Waals surface area contributed by atoms with Crippen molar-refractivity contribution in [1.29, 1.82) is 0 Å². The van der Waals surface area contributed by atoms with Gasteiger partial charge in [-0.15, -0.1) is 82.2 Å². The van der Waals surface area contributed by atoms with E-state index in [0.717, 1.165) is 44.3 Å². The first-order valence-electron chi connectivity index (χ1n) is 20.3. The van der Waals surface area contributed by atoms with E-state index in [1.54, 1.807) is 20.6 Å². The minimum Gasteiger partial charge on any atom is -0.178 e. The Morgan fingerprint density at radius 2 is 1.40 bits per heavy atom. The Morgan fingerprint density at radius 1 is 0.717 bits per heavy atom. The summed E-state index contributed by atoms with van der Waals surface area (Å²) in [6.07, 6.45) is 37.6. The summed E-state index contributed by atoms with van der Waals surface area (Å²) >= 11 is 25.3. The van der Waals surface area contributed by atoms with E-state index in [9.17, 15) is 0 Å². The maximum absolute atomic E-state index is 5.14. The average molecular weight is 906 g/mol. The van der Waals surface area contributed by atoms with Crippen LogP contribution in [-0.4, -0.2) is 23.2 Å². The first-order chi connectivity index (χ1) is 25.9. The molecule has 0 N–H and O–H groups in total. The minimum atomic E-state index is -0.329. The number of thiol groups is 2. The number of allylic oxidation sites excluding steroid dienone is 9. The molecule has 0 aromatic rings. The molecule has 3 aliphatic rings. The summed E-state index contributed by atoms with van der Waals surface area (Å²) in [7, 11) is 1.73. The standard InChI is InChI=1S/C43H68S10/c1-6-10-14-16-23-31-46-40-39(53-45)29-30-41(47-32-13-9-4,50-36(5)35-44)43(49-34-22-12-8-3,52-38-27-20-21-28-38)42(40,48-33-24-15-11-7-2)51-37-25-18-17-19-26-37/h13,22-25,27,31-34,36,44-45H,6-12,14-21,26,28-30,35H2,1-5H3. The Labute approximate surface area is 371 Å². The molecule has 0 radical (unpaired) electrons. The quantitative estimate of drug-likeness (QED) is 0.0376. The average Bonchev–Trinajstić information content (AvgIpc) is 3.67. The highest BCUT2D eigenvalue weighted by Gasteiger charge is 2.69. The summed E-state index contributed by atoms with van der Waals surface area (Å²) < 4.78 is -0.771. The zero-order valence-corrected chi connectivity index (χ0v) is 41.5. The molecule has 0 aromatic carbocycles. The van der Waals surface area contributed by atoms with Gasteiger partial charge in [-0.05, 0) is 121 Å². The van der Waals surface area contributed by atoms with Crippen LogP contribution in [0.2, 0.25) is 0 Å². The molecule has 10 heteroatoms. The maximum Gasteiger partial charge on any atom is 0.128 e. The van der Waals surface area contributed by atoms with Gasteiger partial charge in [0.1, 0.15) is 8.16 Å². The lowest BCUT2D eigenvalue weighted by Crippen LogP contribution is -2.57. The van der Waals surface area contributed by atoms with Crippen LogP contribution in [0.1, 0.15) is 157 Å². The predicted molar refractivity (Wildman–Crippen MR) is 271 cm³/mol. The second-order valence-corrected chi connectivity index (χ2v) is 25.1. The van der Waals surface area contributed by atoms with Crippen molar-refractivity contribution in [1.82, 2.24) is 0 Å². The monoisotopic (exact) mass is 904 g/mol. The molecular weight excluding hydrogens is 837 g/mol. The highest BCUT2D eigenvalue weighted by Crippen LogP contribution is 2.78. The number of hydrogen-bond acceptors (Lipinski definition) is 10. The third-order valence-corrected chi connectivity index (χ3v) is 23.9. The van der Waals surface area contributed by atoms with Gasteiger partial charge >= 0.3 is 0 Å². The van der Waals surface area contributed by atoms with Gasteiger partial charge in [-0.25, -0.2) is 0 Å². The van der Waals surface area contributed by atoms with Gasteiger partial charge in [0.05, 0.1) is 4.08 Å². The molecule has 300 valence electrons. The third-order valence-electron chi connectivity index (χ3n) is 9.41. The summed E-state index contributed by atoms with van der Waals surface area (Å²) in [5.74, 6) is 0.864. The lowest BCUT2D eigenvalue weighted by atomic mass is 10.1. The lowest BCUT2D eigenvalue weighted by Gasteiger charge is -2.57. The van der Waals surface area contributed by atoms with E-state index in [1.807, 2.05) is 11.8 Å². The number of rotatable bonds is 26. The van der Waals surface area contributed by atoms with Crippen LogP contribution in [0.3, 0.4) is 0 Å². The number of hydrogen-bond donors (Lipinski definition) is 2. The second kappa shape index (κ2) is 28.2. The van der Waals surface area contributed by atoms with E-state index < -0.39 is 0 Å². The molecule has 0 bridgehead atoms. The van der Waals surface area contributed by atoms with Crippen molar-refractivity contribution in [3.63, 3.8) is 0 Å². The van der Waals surface area contributed by atoms with Gasteiger partial charge in [0, 0.05) is 20.8 Å². The third kappa shape index (κ3) is 14.7. The van der Waals surface area contributed by atoms with Crippen molar-refractivity contribution >= 4 is 117 Å². The molecule has 0 aromatic heterocycles. The van der Waals surface area contributed by atoms with Crippen LogP contribution >= 0.6 is 117 Å². The van der Waals surface area contributed by atoms with E-state index in [1.165, 1.54) is 93.3 Å². The Hall–Kier alpha value is 1.68. The zero-order valence-electron chi connectivity index (χ0n) is 33.2. The van der Waals surface area contributed by atoms with E-state index in [2.05, 4.69) is 163 Å². The Kier molecular flexibility index (Phi) is 26.1. The molecule has 4 unspecified atom stereocenters. The van der Waals surface area contributed by atoms with Gasteiger partial charge in [0.2, 0.25) is 0 Å². The maximum atomic E-state index is 5.14. The summed E-state index contributed by atoms with van der Waals surface area (Å²) in [6.45, 7) is 11.6. The Morgan fingerprint density at radius 3 is 2.08 bits per heavy atom. The van der Waals surface area contributed by atoms with Crippen molar-refractivity contribution in [2.75, 3.05) is 5.75 Å². The molecule has 0 spiro atoms. The Bertz CT molecular complexity index is 1270. The summed E-state index contributed by atoms with van der Waals surface area (Å²) in [5.41, 5.74) is 0. The van der Waals surface area contributed by atoms with Gasteiger partial charge in [0.25, 0.3) is 0 Å². The minimum absolute atomic E-state index is 0.162. The van der Waals surface area contributed by atoms with Crippen molar-refractivity contribution in [3.05, 3.63) is 77.7 Å². The molecular formula is C43H68S10. The molecule has 3 aliphatic carbocycles.